The first-order valence-electron chi connectivity index (χ1n) is 8.98. The molecule has 1 aliphatic heterocycles. The molecule has 1 aromatic carbocycles. The number of benzene rings is 1. The summed E-state index contributed by atoms with van der Waals surface area (Å²) in [5.41, 5.74) is 1.55. The molecule has 26 heavy (non-hydrogen) atoms. The van der Waals surface area contributed by atoms with Crippen molar-refractivity contribution in [2.45, 2.75) is 32.8 Å². The first kappa shape index (κ1) is 16.6. The van der Waals surface area contributed by atoms with Crippen LogP contribution in [0.3, 0.4) is 0 Å². The summed E-state index contributed by atoms with van der Waals surface area (Å²) in [7, 11) is 0. The molecule has 0 saturated carbocycles. The first-order chi connectivity index (χ1) is 12.6. The number of piperidine rings is 1. The van der Waals surface area contributed by atoms with E-state index in [-0.39, 0.29) is 12.0 Å². The molecule has 5 heteroatoms. The smallest absolute Gasteiger partial charge is 0.257 e. The highest BCUT2D eigenvalue weighted by Crippen LogP contribution is 2.27. The van der Waals surface area contributed by atoms with Crippen LogP contribution in [-0.2, 0) is 0 Å². The van der Waals surface area contributed by atoms with E-state index in [4.69, 9.17) is 9.15 Å². The second kappa shape index (κ2) is 6.83. The number of ether oxygens (including phenoxy) is 1. The molecule has 3 heterocycles. The summed E-state index contributed by atoms with van der Waals surface area (Å²) in [6, 6.07) is 11.8. The van der Waals surface area contributed by atoms with Gasteiger partial charge in [-0.15, -0.1) is 0 Å². The van der Waals surface area contributed by atoms with Crippen molar-refractivity contribution in [1.82, 2.24) is 9.88 Å². The Balaban J connectivity index is 1.42. The lowest BCUT2D eigenvalue weighted by Gasteiger charge is -2.32. The minimum atomic E-state index is 0.0460. The Hall–Kier alpha value is -2.82. The average molecular weight is 350 g/mol. The predicted octanol–water partition coefficient (Wildman–Crippen LogP) is 4.13. The van der Waals surface area contributed by atoms with E-state index in [0.29, 0.717) is 24.4 Å². The van der Waals surface area contributed by atoms with E-state index in [1.165, 1.54) is 0 Å². The van der Waals surface area contributed by atoms with Gasteiger partial charge in [-0.1, -0.05) is 18.2 Å². The van der Waals surface area contributed by atoms with Crippen LogP contribution in [-0.4, -0.2) is 35.0 Å². The Labute approximate surface area is 152 Å². The Morgan fingerprint density at radius 2 is 1.96 bits per heavy atom. The van der Waals surface area contributed by atoms with Crippen molar-refractivity contribution in [3.05, 3.63) is 59.7 Å². The molecule has 0 radical (unpaired) electrons. The van der Waals surface area contributed by atoms with Gasteiger partial charge in [0, 0.05) is 37.5 Å². The van der Waals surface area contributed by atoms with Gasteiger partial charge in [-0.2, -0.15) is 0 Å². The molecule has 0 N–H and O–H groups in total. The minimum Gasteiger partial charge on any atom is -0.488 e. The van der Waals surface area contributed by atoms with Crippen molar-refractivity contribution in [2.24, 2.45) is 0 Å². The lowest BCUT2D eigenvalue weighted by atomic mass is 10.1. The number of fused-ring (bicyclic) bond motifs is 1. The van der Waals surface area contributed by atoms with Crippen LogP contribution in [0.15, 0.2) is 47.0 Å². The SMILES string of the molecule is Cc1cc(C(=O)N2CCC(Oc3cccc4cccnc34)CC2)c(C)o1. The fraction of sp³-hybridized carbons (Fsp3) is 0.333. The standard InChI is InChI=1S/C21H22N2O3/c1-14-13-18(15(2)25-14)21(24)23-11-8-17(9-12-23)26-19-7-3-5-16-6-4-10-22-20(16)19/h3-7,10,13,17H,8-9,11-12H2,1-2H3. The lowest BCUT2D eigenvalue weighted by molar-refractivity contribution is 0.0596. The molecule has 1 amide bonds. The van der Waals surface area contributed by atoms with Gasteiger partial charge in [0.2, 0.25) is 0 Å². The molecule has 5 nitrogen and oxygen atoms in total. The maximum atomic E-state index is 12.7. The van der Waals surface area contributed by atoms with Crippen LogP contribution in [0.1, 0.15) is 34.7 Å². The van der Waals surface area contributed by atoms with Crippen LogP contribution in [0, 0.1) is 13.8 Å². The number of para-hydroxylation sites is 1. The fourth-order valence-electron chi connectivity index (χ4n) is 3.54. The van der Waals surface area contributed by atoms with Crippen molar-refractivity contribution in [3.8, 4) is 5.75 Å². The lowest BCUT2D eigenvalue weighted by Crippen LogP contribution is -2.41. The van der Waals surface area contributed by atoms with Crippen LogP contribution in [0.25, 0.3) is 10.9 Å². The van der Waals surface area contributed by atoms with Crippen LogP contribution in [0.4, 0.5) is 0 Å². The highest BCUT2D eigenvalue weighted by Gasteiger charge is 2.27. The van der Waals surface area contributed by atoms with E-state index in [9.17, 15) is 4.79 Å². The molecule has 0 aliphatic carbocycles. The molecule has 2 aromatic heterocycles. The molecular formula is C21H22N2O3. The summed E-state index contributed by atoms with van der Waals surface area (Å²) in [5.74, 6) is 2.32. The number of likely N-dealkylation sites (tertiary alicyclic amines) is 1. The van der Waals surface area contributed by atoms with Gasteiger partial charge in [0.1, 0.15) is 28.9 Å². The van der Waals surface area contributed by atoms with Crippen molar-refractivity contribution >= 4 is 16.8 Å². The van der Waals surface area contributed by atoms with E-state index in [2.05, 4.69) is 4.98 Å². The van der Waals surface area contributed by atoms with Gasteiger partial charge in [-0.05, 0) is 32.0 Å². The number of carbonyl (C=O) groups is 1. The normalized spacial score (nSPS) is 15.4. The number of hydrogen-bond acceptors (Lipinski definition) is 4. The number of aromatic nitrogens is 1. The molecule has 0 bridgehead atoms. The van der Waals surface area contributed by atoms with E-state index in [0.717, 1.165) is 35.3 Å². The van der Waals surface area contributed by atoms with E-state index >= 15 is 0 Å². The number of carbonyl (C=O) groups excluding carboxylic acids is 1. The molecule has 3 aromatic rings. The Morgan fingerprint density at radius 3 is 2.69 bits per heavy atom. The molecule has 0 spiro atoms. The van der Waals surface area contributed by atoms with Crippen molar-refractivity contribution in [2.75, 3.05) is 13.1 Å². The largest absolute Gasteiger partial charge is 0.488 e. The molecule has 134 valence electrons. The molecule has 1 fully saturated rings. The van der Waals surface area contributed by atoms with E-state index < -0.39 is 0 Å². The number of aryl methyl sites for hydroxylation is 2. The predicted molar refractivity (Wildman–Crippen MR) is 99.5 cm³/mol. The molecule has 0 atom stereocenters. The Kier molecular flexibility index (Phi) is 4.37. The molecule has 0 unspecified atom stereocenters. The third-order valence-electron chi connectivity index (χ3n) is 4.89. The van der Waals surface area contributed by atoms with Crippen LogP contribution < -0.4 is 4.74 Å². The second-order valence-electron chi connectivity index (χ2n) is 6.77. The summed E-state index contributed by atoms with van der Waals surface area (Å²) >= 11 is 0. The zero-order valence-corrected chi connectivity index (χ0v) is 15.1. The molecule has 1 saturated heterocycles. The van der Waals surface area contributed by atoms with Crippen LogP contribution in [0.5, 0.6) is 5.75 Å². The third-order valence-corrected chi connectivity index (χ3v) is 4.89. The third kappa shape index (κ3) is 3.17. The summed E-state index contributed by atoms with van der Waals surface area (Å²) in [6.45, 7) is 5.07. The number of rotatable bonds is 3. The van der Waals surface area contributed by atoms with Crippen molar-refractivity contribution in [1.29, 1.82) is 0 Å². The van der Waals surface area contributed by atoms with Gasteiger partial charge < -0.3 is 14.1 Å². The summed E-state index contributed by atoms with van der Waals surface area (Å²) in [5, 5.41) is 1.07. The minimum absolute atomic E-state index is 0.0460. The Bertz CT molecular complexity index is 934. The maximum absolute atomic E-state index is 12.7. The summed E-state index contributed by atoms with van der Waals surface area (Å²) < 4.78 is 11.7. The monoisotopic (exact) mass is 350 g/mol. The van der Waals surface area contributed by atoms with Crippen molar-refractivity contribution < 1.29 is 13.9 Å². The van der Waals surface area contributed by atoms with Crippen LogP contribution >= 0.6 is 0 Å². The van der Waals surface area contributed by atoms with Gasteiger partial charge in [0.15, 0.2) is 0 Å². The van der Waals surface area contributed by atoms with Gasteiger partial charge in [-0.25, -0.2) is 0 Å². The van der Waals surface area contributed by atoms with Gasteiger partial charge in [0.05, 0.1) is 5.56 Å². The van der Waals surface area contributed by atoms with Crippen molar-refractivity contribution in [3.63, 3.8) is 0 Å². The second-order valence-corrected chi connectivity index (χ2v) is 6.77. The van der Waals surface area contributed by atoms with Gasteiger partial charge >= 0.3 is 0 Å². The summed E-state index contributed by atoms with van der Waals surface area (Å²) in [6.07, 6.45) is 3.50. The van der Waals surface area contributed by atoms with Crippen LogP contribution in [0.2, 0.25) is 0 Å². The maximum Gasteiger partial charge on any atom is 0.257 e. The average Bonchev–Trinajstić information content (AvgIpc) is 3.00. The quantitative estimate of drug-likeness (QED) is 0.713. The topological polar surface area (TPSA) is 55.6 Å². The number of furan rings is 1. The Morgan fingerprint density at radius 1 is 1.19 bits per heavy atom. The zero-order valence-electron chi connectivity index (χ0n) is 15.1. The van der Waals surface area contributed by atoms with E-state index in [1.54, 1.807) is 6.20 Å². The van der Waals surface area contributed by atoms with Gasteiger partial charge in [0.25, 0.3) is 5.91 Å². The number of hydrogen-bond donors (Lipinski definition) is 0. The highest BCUT2D eigenvalue weighted by molar-refractivity contribution is 5.95. The molecular weight excluding hydrogens is 328 g/mol. The molecule has 1 aliphatic rings. The number of pyridine rings is 1. The molecule has 4 rings (SSSR count). The highest BCUT2D eigenvalue weighted by atomic mass is 16.5. The first-order valence-corrected chi connectivity index (χ1v) is 8.98. The van der Waals surface area contributed by atoms with Gasteiger partial charge in [-0.3, -0.25) is 9.78 Å². The number of nitrogens with zero attached hydrogens (tertiary/aromatic N) is 2. The number of amides is 1. The van der Waals surface area contributed by atoms with E-state index in [1.807, 2.05) is 55.1 Å². The zero-order chi connectivity index (χ0) is 18.1. The fourth-order valence-corrected chi connectivity index (χ4v) is 3.54. The summed E-state index contributed by atoms with van der Waals surface area (Å²) in [4.78, 5) is 19.0.